The SMILES string of the molecule is CCc1cccc(C)c1NC(=O)[C@H](C)Oc1ccc(OC)cc1. The van der Waals surface area contributed by atoms with Gasteiger partial charge in [-0.1, -0.05) is 25.1 Å². The third-order valence-electron chi connectivity index (χ3n) is 3.73. The second-order valence-corrected chi connectivity index (χ2v) is 5.39. The lowest BCUT2D eigenvalue weighted by Crippen LogP contribution is -2.30. The number of hydrogen-bond acceptors (Lipinski definition) is 3. The van der Waals surface area contributed by atoms with Gasteiger partial charge in [-0.3, -0.25) is 4.79 Å². The molecule has 122 valence electrons. The number of methoxy groups -OCH3 is 1. The van der Waals surface area contributed by atoms with Gasteiger partial charge in [0, 0.05) is 5.69 Å². The number of benzene rings is 2. The molecule has 0 fully saturated rings. The summed E-state index contributed by atoms with van der Waals surface area (Å²) in [5.41, 5.74) is 3.05. The number of aryl methyl sites for hydroxylation is 2. The molecule has 0 bridgehead atoms. The van der Waals surface area contributed by atoms with Crippen LogP contribution in [0.15, 0.2) is 42.5 Å². The number of anilines is 1. The van der Waals surface area contributed by atoms with Gasteiger partial charge in [0.2, 0.25) is 0 Å². The Bertz CT molecular complexity index is 665. The largest absolute Gasteiger partial charge is 0.497 e. The van der Waals surface area contributed by atoms with Crippen molar-refractivity contribution < 1.29 is 14.3 Å². The van der Waals surface area contributed by atoms with Gasteiger partial charge in [-0.05, 0) is 55.7 Å². The molecule has 0 unspecified atom stereocenters. The Labute approximate surface area is 137 Å². The molecular weight excluding hydrogens is 290 g/mol. The van der Waals surface area contributed by atoms with E-state index in [2.05, 4.69) is 12.2 Å². The van der Waals surface area contributed by atoms with Gasteiger partial charge in [-0.15, -0.1) is 0 Å². The van der Waals surface area contributed by atoms with Crippen LogP contribution in [0.25, 0.3) is 0 Å². The van der Waals surface area contributed by atoms with Crippen LogP contribution in [-0.2, 0) is 11.2 Å². The highest BCUT2D eigenvalue weighted by atomic mass is 16.5. The minimum atomic E-state index is -0.590. The maximum Gasteiger partial charge on any atom is 0.265 e. The van der Waals surface area contributed by atoms with Gasteiger partial charge >= 0.3 is 0 Å². The molecule has 2 aromatic carbocycles. The molecular formula is C19H23NO3. The Morgan fingerprint density at radius 1 is 1.13 bits per heavy atom. The molecule has 4 heteroatoms. The number of nitrogens with one attached hydrogen (secondary N) is 1. The van der Waals surface area contributed by atoms with Crippen molar-refractivity contribution in [3.63, 3.8) is 0 Å². The lowest BCUT2D eigenvalue weighted by atomic mass is 10.1. The third-order valence-corrected chi connectivity index (χ3v) is 3.73. The zero-order chi connectivity index (χ0) is 16.8. The minimum absolute atomic E-state index is 0.162. The van der Waals surface area contributed by atoms with Gasteiger partial charge in [-0.25, -0.2) is 0 Å². The number of para-hydroxylation sites is 1. The number of carbonyl (C=O) groups excluding carboxylic acids is 1. The van der Waals surface area contributed by atoms with Crippen molar-refractivity contribution in [3.05, 3.63) is 53.6 Å². The Morgan fingerprint density at radius 2 is 1.78 bits per heavy atom. The summed E-state index contributed by atoms with van der Waals surface area (Å²) in [5.74, 6) is 1.22. The molecule has 0 aromatic heterocycles. The second-order valence-electron chi connectivity index (χ2n) is 5.39. The molecule has 1 atom stereocenters. The van der Waals surface area contributed by atoms with Crippen LogP contribution in [0.2, 0.25) is 0 Å². The Morgan fingerprint density at radius 3 is 2.39 bits per heavy atom. The van der Waals surface area contributed by atoms with Crippen LogP contribution >= 0.6 is 0 Å². The first-order valence-corrected chi connectivity index (χ1v) is 7.75. The number of carbonyl (C=O) groups is 1. The quantitative estimate of drug-likeness (QED) is 0.877. The maximum absolute atomic E-state index is 12.4. The molecule has 1 N–H and O–H groups in total. The van der Waals surface area contributed by atoms with Gasteiger partial charge in [0.1, 0.15) is 11.5 Å². The fourth-order valence-electron chi connectivity index (χ4n) is 2.34. The molecule has 0 saturated heterocycles. The smallest absolute Gasteiger partial charge is 0.265 e. The Balaban J connectivity index is 2.05. The van der Waals surface area contributed by atoms with E-state index >= 15 is 0 Å². The van der Waals surface area contributed by atoms with Crippen LogP contribution in [0, 0.1) is 6.92 Å². The molecule has 1 amide bonds. The van der Waals surface area contributed by atoms with Crippen molar-refractivity contribution >= 4 is 11.6 Å². The van der Waals surface area contributed by atoms with Crippen molar-refractivity contribution in [3.8, 4) is 11.5 Å². The summed E-state index contributed by atoms with van der Waals surface area (Å²) in [5, 5.41) is 2.98. The van der Waals surface area contributed by atoms with Crippen molar-refractivity contribution in [2.45, 2.75) is 33.3 Å². The first kappa shape index (κ1) is 16.9. The minimum Gasteiger partial charge on any atom is -0.497 e. The standard InChI is InChI=1S/C19H23NO3/c1-5-15-8-6-7-13(2)18(15)20-19(21)14(3)23-17-11-9-16(22-4)10-12-17/h6-12,14H,5H2,1-4H3,(H,20,21)/t14-/m0/s1. The van der Waals surface area contributed by atoms with E-state index in [0.29, 0.717) is 5.75 Å². The number of hydrogen-bond donors (Lipinski definition) is 1. The molecule has 0 radical (unpaired) electrons. The van der Waals surface area contributed by atoms with Gasteiger partial charge in [0.05, 0.1) is 7.11 Å². The van der Waals surface area contributed by atoms with E-state index in [1.165, 1.54) is 0 Å². The molecule has 4 nitrogen and oxygen atoms in total. The zero-order valence-corrected chi connectivity index (χ0v) is 14.1. The fourth-order valence-corrected chi connectivity index (χ4v) is 2.34. The first-order chi connectivity index (χ1) is 11.0. The van der Waals surface area contributed by atoms with Crippen LogP contribution in [0.4, 0.5) is 5.69 Å². The maximum atomic E-state index is 12.4. The second kappa shape index (κ2) is 7.68. The van der Waals surface area contributed by atoms with Crippen molar-refractivity contribution in [2.75, 3.05) is 12.4 Å². The molecule has 0 aliphatic rings. The van der Waals surface area contributed by atoms with E-state index in [-0.39, 0.29) is 5.91 Å². The highest BCUT2D eigenvalue weighted by Gasteiger charge is 2.17. The normalized spacial score (nSPS) is 11.7. The predicted octanol–water partition coefficient (Wildman–Crippen LogP) is 3.97. The molecule has 2 aromatic rings. The molecule has 0 aliphatic heterocycles. The predicted molar refractivity (Wildman–Crippen MR) is 92.3 cm³/mol. The van der Waals surface area contributed by atoms with Crippen molar-refractivity contribution in [2.24, 2.45) is 0 Å². The van der Waals surface area contributed by atoms with Crippen molar-refractivity contribution in [1.29, 1.82) is 0 Å². The number of amides is 1. The lowest BCUT2D eigenvalue weighted by molar-refractivity contribution is -0.122. The summed E-state index contributed by atoms with van der Waals surface area (Å²) in [6, 6.07) is 13.2. The van der Waals surface area contributed by atoms with E-state index < -0.39 is 6.10 Å². The molecule has 0 aliphatic carbocycles. The van der Waals surface area contributed by atoms with E-state index in [1.54, 1.807) is 38.3 Å². The average Bonchev–Trinajstić information content (AvgIpc) is 2.57. The summed E-state index contributed by atoms with van der Waals surface area (Å²) in [4.78, 5) is 12.4. The van der Waals surface area contributed by atoms with E-state index in [0.717, 1.165) is 29.0 Å². The van der Waals surface area contributed by atoms with E-state index in [1.807, 2.05) is 25.1 Å². The molecule has 0 heterocycles. The average molecular weight is 313 g/mol. The zero-order valence-electron chi connectivity index (χ0n) is 14.1. The monoisotopic (exact) mass is 313 g/mol. The van der Waals surface area contributed by atoms with Crippen LogP contribution in [0.1, 0.15) is 25.0 Å². The number of rotatable bonds is 6. The summed E-state index contributed by atoms with van der Waals surface area (Å²) >= 11 is 0. The van der Waals surface area contributed by atoms with Gasteiger partial charge in [-0.2, -0.15) is 0 Å². The first-order valence-electron chi connectivity index (χ1n) is 7.75. The lowest BCUT2D eigenvalue weighted by Gasteiger charge is -2.18. The van der Waals surface area contributed by atoms with Crippen LogP contribution in [0.5, 0.6) is 11.5 Å². The highest BCUT2D eigenvalue weighted by molar-refractivity contribution is 5.95. The molecule has 2 rings (SSSR count). The highest BCUT2D eigenvalue weighted by Crippen LogP contribution is 2.22. The van der Waals surface area contributed by atoms with E-state index in [9.17, 15) is 4.79 Å². The summed E-state index contributed by atoms with van der Waals surface area (Å²) < 4.78 is 10.8. The Kier molecular flexibility index (Phi) is 5.63. The van der Waals surface area contributed by atoms with Crippen LogP contribution in [0.3, 0.4) is 0 Å². The number of ether oxygens (including phenoxy) is 2. The van der Waals surface area contributed by atoms with Crippen LogP contribution < -0.4 is 14.8 Å². The Hall–Kier alpha value is -2.49. The van der Waals surface area contributed by atoms with Gasteiger partial charge < -0.3 is 14.8 Å². The van der Waals surface area contributed by atoms with Crippen LogP contribution in [-0.4, -0.2) is 19.1 Å². The molecule has 0 spiro atoms. The fraction of sp³-hybridized carbons (Fsp3) is 0.316. The van der Waals surface area contributed by atoms with Gasteiger partial charge in [0.15, 0.2) is 6.10 Å². The molecule has 0 saturated carbocycles. The third kappa shape index (κ3) is 4.25. The summed E-state index contributed by atoms with van der Waals surface area (Å²) in [6.07, 6.45) is 0.276. The van der Waals surface area contributed by atoms with Gasteiger partial charge in [0.25, 0.3) is 5.91 Å². The van der Waals surface area contributed by atoms with Crippen molar-refractivity contribution in [1.82, 2.24) is 0 Å². The topological polar surface area (TPSA) is 47.6 Å². The molecule has 23 heavy (non-hydrogen) atoms. The summed E-state index contributed by atoms with van der Waals surface area (Å²) in [6.45, 7) is 5.80. The van der Waals surface area contributed by atoms with E-state index in [4.69, 9.17) is 9.47 Å². The summed E-state index contributed by atoms with van der Waals surface area (Å²) in [7, 11) is 1.61.